The molecule has 3 amide bonds. The van der Waals surface area contributed by atoms with E-state index in [1.807, 2.05) is 6.92 Å². The number of hydrogen-bond acceptors (Lipinski definition) is 9. The van der Waals surface area contributed by atoms with E-state index >= 15 is 0 Å². The number of carbonyl (C=O) groups is 5. The topological polar surface area (TPSA) is 199 Å². The van der Waals surface area contributed by atoms with Crippen molar-refractivity contribution < 1.29 is 53.1 Å². The second kappa shape index (κ2) is 24.5. The summed E-state index contributed by atoms with van der Waals surface area (Å²) in [5.74, 6) is -3.04. The fourth-order valence-corrected chi connectivity index (χ4v) is 2.93. The van der Waals surface area contributed by atoms with Gasteiger partial charge in [-0.3, -0.25) is 19.2 Å². The molecule has 0 aliphatic heterocycles. The minimum Gasteiger partial charge on any atom is -0.481 e. The number of ether oxygens (including phenoxy) is 4. The van der Waals surface area contributed by atoms with Crippen LogP contribution < -0.4 is 16.0 Å². The van der Waals surface area contributed by atoms with Gasteiger partial charge < -0.3 is 45.1 Å². The molecule has 0 radical (unpaired) electrons. The molecule has 1 atom stereocenters. The lowest BCUT2D eigenvalue weighted by Crippen LogP contribution is -2.42. The Hall–Kier alpha value is -2.81. The largest absolute Gasteiger partial charge is 0.481 e. The molecule has 14 heteroatoms. The van der Waals surface area contributed by atoms with E-state index in [1.54, 1.807) is 0 Å². The van der Waals surface area contributed by atoms with Crippen molar-refractivity contribution in [2.45, 2.75) is 57.9 Å². The van der Waals surface area contributed by atoms with Gasteiger partial charge in [0, 0.05) is 25.9 Å². The predicted molar refractivity (Wildman–Crippen MR) is 134 cm³/mol. The van der Waals surface area contributed by atoms with Gasteiger partial charge in [0.25, 0.3) is 0 Å². The summed E-state index contributed by atoms with van der Waals surface area (Å²) < 4.78 is 20.9. The molecule has 0 aliphatic rings. The highest BCUT2D eigenvalue weighted by atomic mass is 16.5. The zero-order valence-corrected chi connectivity index (χ0v) is 22.2. The van der Waals surface area contributed by atoms with Crippen LogP contribution in [0.2, 0.25) is 0 Å². The molecule has 0 aromatic rings. The van der Waals surface area contributed by atoms with Crippen LogP contribution >= 0.6 is 0 Å². The van der Waals surface area contributed by atoms with E-state index in [4.69, 9.17) is 29.2 Å². The average Bonchev–Trinajstić information content (AvgIpc) is 2.86. The Morgan fingerprint density at radius 3 is 1.76 bits per heavy atom. The van der Waals surface area contributed by atoms with Crippen LogP contribution in [0, 0.1) is 0 Å². The lowest BCUT2D eigenvalue weighted by molar-refractivity contribution is -0.143. The van der Waals surface area contributed by atoms with E-state index in [2.05, 4.69) is 16.0 Å². The minimum atomic E-state index is -1.07. The summed E-state index contributed by atoms with van der Waals surface area (Å²) >= 11 is 0. The van der Waals surface area contributed by atoms with Gasteiger partial charge in [0.05, 0.1) is 39.6 Å². The van der Waals surface area contributed by atoms with Crippen LogP contribution in [-0.4, -0.2) is 112 Å². The van der Waals surface area contributed by atoms with Crippen LogP contribution in [0.1, 0.15) is 51.9 Å². The van der Waals surface area contributed by atoms with E-state index < -0.39 is 23.9 Å². The van der Waals surface area contributed by atoms with Crippen LogP contribution in [-0.2, 0) is 42.9 Å². The third-order valence-corrected chi connectivity index (χ3v) is 4.87. The van der Waals surface area contributed by atoms with Crippen LogP contribution in [0.15, 0.2) is 0 Å². The summed E-state index contributed by atoms with van der Waals surface area (Å²) in [6.07, 6.45) is 3.36. The van der Waals surface area contributed by atoms with E-state index in [1.165, 1.54) is 0 Å². The molecular formula is C24H43N3O11. The average molecular weight is 550 g/mol. The Morgan fingerprint density at radius 1 is 0.658 bits per heavy atom. The highest BCUT2D eigenvalue weighted by Gasteiger charge is 2.19. The third-order valence-electron chi connectivity index (χ3n) is 4.87. The van der Waals surface area contributed by atoms with Crippen LogP contribution in [0.4, 0.5) is 0 Å². The van der Waals surface area contributed by atoms with Gasteiger partial charge in [0.15, 0.2) is 0 Å². The fraction of sp³-hybridized carbons (Fsp3) is 0.792. The van der Waals surface area contributed by atoms with Gasteiger partial charge in [-0.15, -0.1) is 0 Å². The van der Waals surface area contributed by atoms with Crippen molar-refractivity contribution in [3.05, 3.63) is 0 Å². The van der Waals surface area contributed by atoms with Crippen molar-refractivity contribution in [3.8, 4) is 0 Å². The quantitative estimate of drug-likeness (QED) is 0.0887. The molecule has 220 valence electrons. The standard InChI is InChI=1S/C24H43N3O11/c1-2-3-4-6-19(24(33)34)27-22(30)18-38-16-14-36-12-10-26-21(29)17-37-15-13-35-11-9-25-20(28)7-5-8-23(31)32/h19H,2-18H2,1H3,(H,25,28)(H,26,29)(H,27,30)(H,31,32)(H,33,34). The molecule has 0 aliphatic carbocycles. The number of aliphatic carboxylic acids is 2. The summed E-state index contributed by atoms with van der Waals surface area (Å²) in [7, 11) is 0. The summed E-state index contributed by atoms with van der Waals surface area (Å²) in [4.78, 5) is 56.5. The van der Waals surface area contributed by atoms with Gasteiger partial charge >= 0.3 is 11.9 Å². The molecule has 5 N–H and O–H groups in total. The molecule has 0 saturated carbocycles. The molecule has 0 rings (SSSR count). The lowest BCUT2D eigenvalue weighted by Gasteiger charge is -2.14. The monoisotopic (exact) mass is 549 g/mol. The zero-order chi connectivity index (χ0) is 28.4. The van der Waals surface area contributed by atoms with Gasteiger partial charge in [-0.25, -0.2) is 4.79 Å². The molecule has 1 unspecified atom stereocenters. The molecule has 38 heavy (non-hydrogen) atoms. The first-order valence-corrected chi connectivity index (χ1v) is 12.8. The predicted octanol–water partition coefficient (Wildman–Crippen LogP) is -0.310. The Bertz CT molecular complexity index is 692. The molecule has 0 saturated heterocycles. The maximum absolute atomic E-state index is 11.8. The Balaban J connectivity index is 3.52. The maximum Gasteiger partial charge on any atom is 0.326 e. The van der Waals surface area contributed by atoms with Gasteiger partial charge in [0.2, 0.25) is 17.7 Å². The van der Waals surface area contributed by atoms with Gasteiger partial charge in [-0.05, 0) is 12.8 Å². The first-order valence-electron chi connectivity index (χ1n) is 12.8. The second-order valence-corrected chi connectivity index (χ2v) is 8.23. The number of carbonyl (C=O) groups excluding carboxylic acids is 3. The molecule has 14 nitrogen and oxygen atoms in total. The van der Waals surface area contributed by atoms with E-state index in [9.17, 15) is 24.0 Å². The second-order valence-electron chi connectivity index (χ2n) is 8.23. The molecular weight excluding hydrogens is 506 g/mol. The molecule has 0 fully saturated rings. The molecule has 0 spiro atoms. The van der Waals surface area contributed by atoms with Crippen molar-refractivity contribution >= 4 is 29.7 Å². The summed E-state index contributed by atoms with van der Waals surface area (Å²) in [6, 6.07) is -0.919. The zero-order valence-electron chi connectivity index (χ0n) is 22.2. The summed E-state index contributed by atoms with van der Waals surface area (Å²) in [6.45, 7) is 3.49. The number of carboxylic acids is 2. The molecule has 0 bridgehead atoms. The van der Waals surface area contributed by atoms with Crippen molar-refractivity contribution in [1.29, 1.82) is 0 Å². The van der Waals surface area contributed by atoms with E-state index in [0.29, 0.717) is 13.0 Å². The van der Waals surface area contributed by atoms with Gasteiger partial charge in [-0.2, -0.15) is 0 Å². The van der Waals surface area contributed by atoms with E-state index in [-0.39, 0.29) is 90.5 Å². The van der Waals surface area contributed by atoms with Crippen molar-refractivity contribution in [2.75, 3.05) is 65.9 Å². The number of hydrogen-bond donors (Lipinski definition) is 5. The number of nitrogens with one attached hydrogen (secondary N) is 3. The highest BCUT2D eigenvalue weighted by molar-refractivity contribution is 5.84. The van der Waals surface area contributed by atoms with Crippen molar-refractivity contribution in [2.24, 2.45) is 0 Å². The Labute approximate surface area is 223 Å². The van der Waals surface area contributed by atoms with Gasteiger partial charge in [0.1, 0.15) is 19.3 Å². The van der Waals surface area contributed by atoms with Crippen molar-refractivity contribution in [1.82, 2.24) is 16.0 Å². The Morgan fingerprint density at radius 2 is 1.21 bits per heavy atom. The molecule has 0 heterocycles. The smallest absolute Gasteiger partial charge is 0.326 e. The molecule has 0 aromatic carbocycles. The number of carboxylic acid groups (broad SMARTS) is 2. The minimum absolute atomic E-state index is 0.0450. The van der Waals surface area contributed by atoms with Gasteiger partial charge in [-0.1, -0.05) is 26.2 Å². The van der Waals surface area contributed by atoms with Crippen LogP contribution in [0.25, 0.3) is 0 Å². The number of amides is 3. The van der Waals surface area contributed by atoms with Crippen LogP contribution in [0.3, 0.4) is 0 Å². The fourth-order valence-electron chi connectivity index (χ4n) is 2.93. The SMILES string of the molecule is CCCCCC(NC(=O)COCCOCCNC(=O)COCCOCCNC(=O)CCCC(=O)O)C(=O)O. The van der Waals surface area contributed by atoms with E-state index in [0.717, 1.165) is 19.3 Å². The summed E-state index contributed by atoms with van der Waals surface area (Å²) in [5, 5.41) is 25.3. The number of unbranched alkanes of at least 4 members (excludes halogenated alkanes) is 2. The highest BCUT2D eigenvalue weighted by Crippen LogP contribution is 2.03. The maximum atomic E-state index is 11.8. The van der Waals surface area contributed by atoms with Crippen LogP contribution in [0.5, 0.6) is 0 Å². The molecule has 0 aromatic heterocycles. The normalized spacial score (nSPS) is 11.5. The number of rotatable bonds is 26. The first-order chi connectivity index (χ1) is 18.3. The third kappa shape index (κ3) is 23.6. The Kier molecular flexibility index (Phi) is 22.7. The first kappa shape index (κ1) is 35.2. The lowest BCUT2D eigenvalue weighted by atomic mass is 10.1. The van der Waals surface area contributed by atoms with Crippen molar-refractivity contribution in [3.63, 3.8) is 0 Å². The summed E-state index contributed by atoms with van der Waals surface area (Å²) in [5.41, 5.74) is 0.